The van der Waals surface area contributed by atoms with Crippen molar-refractivity contribution in [2.24, 2.45) is 0 Å². The van der Waals surface area contributed by atoms with Crippen LogP contribution in [-0.2, 0) is 9.53 Å². The van der Waals surface area contributed by atoms with Gasteiger partial charge < -0.3 is 15.2 Å². The fourth-order valence-electron chi connectivity index (χ4n) is 1.26. The molecule has 0 aliphatic rings. The minimum absolute atomic E-state index is 0.0564. The number of halogens is 1. The van der Waals surface area contributed by atoms with E-state index in [9.17, 15) is 4.79 Å². The Morgan fingerprint density at radius 2 is 2.41 bits per heavy atom. The maximum Gasteiger partial charge on any atom is 0.334 e. The van der Waals surface area contributed by atoms with Gasteiger partial charge in [-0.3, -0.25) is 0 Å². The van der Waals surface area contributed by atoms with Crippen molar-refractivity contribution in [1.82, 2.24) is 0 Å². The summed E-state index contributed by atoms with van der Waals surface area (Å²) >= 11 is 5.83. The summed E-state index contributed by atoms with van der Waals surface area (Å²) in [4.78, 5) is 10.7. The third-order valence-corrected chi connectivity index (χ3v) is 2.48. The Balaban J connectivity index is 2.79. The average Bonchev–Trinajstić information content (AvgIpc) is 2.29. The van der Waals surface area contributed by atoms with Crippen LogP contribution in [0.3, 0.4) is 0 Å². The van der Waals surface area contributed by atoms with Crippen molar-refractivity contribution in [2.45, 2.75) is 6.10 Å². The quantitative estimate of drug-likeness (QED) is 0.836. The molecule has 0 fully saturated rings. The molecule has 1 unspecified atom stereocenters. The van der Waals surface area contributed by atoms with E-state index in [-0.39, 0.29) is 12.1 Å². The molecule has 6 heteroatoms. The lowest BCUT2D eigenvalue weighted by molar-refractivity contribution is -0.147. The summed E-state index contributed by atoms with van der Waals surface area (Å²) in [6.45, 7) is 0.0564. The van der Waals surface area contributed by atoms with Gasteiger partial charge in [-0.15, -0.1) is 0 Å². The predicted molar refractivity (Wildman–Crippen MR) is 63.1 cm³/mol. The average molecular weight is 255 g/mol. The van der Waals surface area contributed by atoms with E-state index in [2.05, 4.69) is 5.32 Å². The number of anilines is 1. The number of nitriles is 1. The lowest BCUT2D eigenvalue weighted by Gasteiger charge is -2.13. The normalized spacial score (nSPS) is 11.6. The molecular formula is C11H11ClN2O3. The zero-order valence-corrected chi connectivity index (χ0v) is 9.86. The number of carboxylic acids is 1. The summed E-state index contributed by atoms with van der Waals surface area (Å²) in [6.07, 6.45) is -0.972. The zero-order valence-electron chi connectivity index (χ0n) is 9.11. The fourth-order valence-corrected chi connectivity index (χ4v) is 1.48. The van der Waals surface area contributed by atoms with Gasteiger partial charge in [0.15, 0.2) is 6.10 Å². The third kappa shape index (κ3) is 3.34. The summed E-state index contributed by atoms with van der Waals surface area (Å²) in [5.74, 6) is -1.07. The van der Waals surface area contributed by atoms with E-state index in [1.54, 1.807) is 18.2 Å². The molecule has 1 atom stereocenters. The van der Waals surface area contributed by atoms with E-state index in [1.165, 1.54) is 7.11 Å². The summed E-state index contributed by atoms with van der Waals surface area (Å²) in [7, 11) is 1.31. The number of ether oxygens (including phenoxy) is 1. The number of methoxy groups -OCH3 is 1. The molecule has 0 aliphatic carbocycles. The molecule has 1 aromatic carbocycles. The Hall–Kier alpha value is -1.77. The topological polar surface area (TPSA) is 82.3 Å². The number of carboxylic acid groups (broad SMARTS) is 1. The second-order valence-corrected chi connectivity index (χ2v) is 3.62. The molecule has 1 aromatic rings. The molecule has 17 heavy (non-hydrogen) atoms. The number of benzene rings is 1. The highest BCUT2D eigenvalue weighted by atomic mass is 35.5. The molecule has 2 N–H and O–H groups in total. The Labute approximate surface area is 104 Å². The first kappa shape index (κ1) is 13.3. The number of hydrogen-bond acceptors (Lipinski definition) is 4. The Morgan fingerprint density at radius 3 is 2.94 bits per heavy atom. The van der Waals surface area contributed by atoms with Gasteiger partial charge >= 0.3 is 5.97 Å². The summed E-state index contributed by atoms with van der Waals surface area (Å²) in [5, 5.41) is 20.8. The maximum absolute atomic E-state index is 10.7. The largest absolute Gasteiger partial charge is 0.479 e. The minimum atomic E-state index is -1.07. The smallest absolute Gasteiger partial charge is 0.334 e. The van der Waals surface area contributed by atoms with Crippen molar-refractivity contribution in [3.63, 3.8) is 0 Å². The van der Waals surface area contributed by atoms with Gasteiger partial charge in [0.25, 0.3) is 0 Å². The van der Waals surface area contributed by atoms with Gasteiger partial charge in [0.2, 0.25) is 0 Å². The molecule has 1 rings (SSSR count). The summed E-state index contributed by atoms with van der Waals surface area (Å²) < 4.78 is 4.76. The van der Waals surface area contributed by atoms with Crippen LogP contribution in [-0.4, -0.2) is 30.8 Å². The molecular weight excluding hydrogens is 244 g/mol. The Morgan fingerprint density at radius 1 is 1.71 bits per heavy atom. The molecule has 0 saturated heterocycles. The van der Waals surface area contributed by atoms with Crippen LogP contribution in [0.25, 0.3) is 0 Å². The predicted octanol–water partition coefficient (Wildman–Crippen LogP) is 1.72. The van der Waals surface area contributed by atoms with Crippen molar-refractivity contribution < 1.29 is 14.6 Å². The lowest BCUT2D eigenvalue weighted by atomic mass is 10.2. The van der Waals surface area contributed by atoms with Crippen molar-refractivity contribution in [2.75, 3.05) is 19.0 Å². The molecule has 0 aromatic heterocycles. The molecule has 5 nitrogen and oxygen atoms in total. The molecule has 0 spiro atoms. The van der Waals surface area contributed by atoms with Gasteiger partial charge in [-0.05, 0) is 12.1 Å². The van der Waals surface area contributed by atoms with E-state index in [1.807, 2.05) is 6.07 Å². The molecule has 0 amide bonds. The standard InChI is InChI=1S/C11H11ClN2O3/c1-17-10(11(15)16)6-14-9-4-2-3-8(12)7(9)5-13/h2-4,10,14H,6H2,1H3,(H,15,16). The second-order valence-electron chi connectivity index (χ2n) is 3.22. The molecule has 0 heterocycles. The van der Waals surface area contributed by atoms with Crippen molar-refractivity contribution >= 4 is 23.3 Å². The van der Waals surface area contributed by atoms with Crippen LogP contribution in [0.2, 0.25) is 5.02 Å². The van der Waals surface area contributed by atoms with Crippen LogP contribution in [0, 0.1) is 11.3 Å². The molecule has 0 radical (unpaired) electrons. The lowest BCUT2D eigenvalue weighted by Crippen LogP contribution is -2.30. The molecule has 0 saturated carbocycles. The van der Waals surface area contributed by atoms with Crippen LogP contribution in [0.4, 0.5) is 5.69 Å². The molecule has 90 valence electrons. The van der Waals surface area contributed by atoms with Gasteiger partial charge in [-0.2, -0.15) is 5.26 Å². The van der Waals surface area contributed by atoms with Crippen LogP contribution >= 0.6 is 11.6 Å². The minimum Gasteiger partial charge on any atom is -0.479 e. The van der Waals surface area contributed by atoms with Gasteiger partial charge in [-0.25, -0.2) is 4.79 Å². The number of nitrogens with zero attached hydrogens (tertiary/aromatic N) is 1. The maximum atomic E-state index is 10.7. The van der Waals surface area contributed by atoms with Crippen molar-refractivity contribution in [3.8, 4) is 6.07 Å². The summed E-state index contributed by atoms with van der Waals surface area (Å²) in [5.41, 5.74) is 0.776. The monoisotopic (exact) mass is 254 g/mol. The highest BCUT2D eigenvalue weighted by molar-refractivity contribution is 6.32. The van der Waals surface area contributed by atoms with Crippen LogP contribution in [0.5, 0.6) is 0 Å². The number of rotatable bonds is 5. The van der Waals surface area contributed by atoms with Crippen LogP contribution < -0.4 is 5.32 Å². The SMILES string of the molecule is COC(CNc1cccc(Cl)c1C#N)C(=O)O. The van der Waals surface area contributed by atoms with Crippen molar-refractivity contribution in [1.29, 1.82) is 5.26 Å². The third-order valence-electron chi connectivity index (χ3n) is 2.16. The number of nitrogens with one attached hydrogen (secondary N) is 1. The van der Waals surface area contributed by atoms with Gasteiger partial charge in [0, 0.05) is 7.11 Å². The zero-order chi connectivity index (χ0) is 12.8. The first-order valence-electron chi connectivity index (χ1n) is 4.78. The Bertz CT molecular complexity index is 457. The summed E-state index contributed by atoms with van der Waals surface area (Å²) in [6, 6.07) is 6.87. The molecule has 0 bridgehead atoms. The van der Waals surface area contributed by atoms with Crippen molar-refractivity contribution in [3.05, 3.63) is 28.8 Å². The second kappa shape index (κ2) is 6.09. The van der Waals surface area contributed by atoms with E-state index in [0.717, 1.165) is 0 Å². The van der Waals surface area contributed by atoms with Gasteiger partial charge in [0.05, 0.1) is 22.8 Å². The van der Waals surface area contributed by atoms with E-state index >= 15 is 0 Å². The number of aliphatic carboxylic acids is 1. The highest BCUT2D eigenvalue weighted by Gasteiger charge is 2.16. The fraction of sp³-hybridized carbons (Fsp3) is 0.273. The highest BCUT2D eigenvalue weighted by Crippen LogP contribution is 2.23. The van der Waals surface area contributed by atoms with E-state index in [0.29, 0.717) is 10.7 Å². The number of hydrogen-bond donors (Lipinski definition) is 2. The first-order chi connectivity index (χ1) is 8.10. The first-order valence-corrected chi connectivity index (χ1v) is 5.16. The van der Waals surface area contributed by atoms with Gasteiger partial charge in [0.1, 0.15) is 6.07 Å². The van der Waals surface area contributed by atoms with Gasteiger partial charge in [-0.1, -0.05) is 17.7 Å². The Kier molecular flexibility index (Phi) is 4.76. The van der Waals surface area contributed by atoms with E-state index < -0.39 is 12.1 Å². The van der Waals surface area contributed by atoms with Crippen LogP contribution in [0.15, 0.2) is 18.2 Å². The molecule has 0 aliphatic heterocycles. The number of carbonyl (C=O) groups is 1. The van der Waals surface area contributed by atoms with Crippen LogP contribution in [0.1, 0.15) is 5.56 Å². The van der Waals surface area contributed by atoms with E-state index in [4.69, 9.17) is 26.7 Å².